The molecule has 0 unspecified atom stereocenters. The summed E-state index contributed by atoms with van der Waals surface area (Å²) in [4.78, 5) is 11.1. The highest BCUT2D eigenvalue weighted by molar-refractivity contribution is 7.99. The number of amides is 1. The summed E-state index contributed by atoms with van der Waals surface area (Å²) >= 11 is 13.0. The first-order chi connectivity index (χ1) is 9.10. The molecule has 2 rings (SSSR count). The van der Waals surface area contributed by atoms with Gasteiger partial charge in [-0.25, -0.2) is 0 Å². The average Bonchev–Trinajstić information content (AvgIpc) is 2.84. The molecule has 0 spiro atoms. The van der Waals surface area contributed by atoms with Crippen LogP contribution in [0.4, 0.5) is 0 Å². The molecule has 0 radical (unpaired) electrons. The molecule has 1 aromatic carbocycles. The van der Waals surface area contributed by atoms with Gasteiger partial charge in [0.25, 0.3) is 5.22 Å². The van der Waals surface area contributed by atoms with Gasteiger partial charge in [-0.2, -0.15) is 0 Å². The number of hydrogen-bond acceptors (Lipinski definition) is 5. The van der Waals surface area contributed by atoms with Crippen LogP contribution in [0.3, 0.4) is 0 Å². The van der Waals surface area contributed by atoms with E-state index in [1.54, 1.807) is 25.2 Å². The van der Waals surface area contributed by atoms with Gasteiger partial charge in [-0.1, -0.05) is 35.0 Å². The molecule has 2 aromatic rings. The largest absolute Gasteiger partial charge is 0.411 e. The summed E-state index contributed by atoms with van der Waals surface area (Å²) < 4.78 is 5.42. The fourth-order valence-electron chi connectivity index (χ4n) is 1.24. The minimum absolute atomic E-state index is 0.116. The van der Waals surface area contributed by atoms with Crippen molar-refractivity contribution in [3.63, 3.8) is 0 Å². The Morgan fingerprint density at radius 3 is 2.89 bits per heavy atom. The fourth-order valence-corrected chi connectivity index (χ4v) is 2.36. The second-order valence-corrected chi connectivity index (χ2v) is 5.23. The number of rotatable bonds is 4. The summed E-state index contributed by atoms with van der Waals surface area (Å²) in [7, 11) is 1.57. The third-order valence-electron chi connectivity index (χ3n) is 2.17. The number of halogens is 2. The molecule has 0 aliphatic heterocycles. The van der Waals surface area contributed by atoms with Gasteiger partial charge in [-0.05, 0) is 18.2 Å². The lowest BCUT2D eigenvalue weighted by atomic mass is 10.2. The number of aromatic nitrogens is 2. The quantitative estimate of drug-likeness (QED) is 0.878. The molecule has 0 saturated heterocycles. The molecular formula is C11H9Cl2N3O2S. The lowest BCUT2D eigenvalue weighted by Crippen LogP contribution is -2.19. The third kappa shape index (κ3) is 3.62. The maximum absolute atomic E-state index is 11.1. The highest BCUT2D eigenvalue weighted by Gasteiger charge is 2.13. The van der Waals surface area contributed by atoms with E-state index < -0.39 is 0 Å². The molecule has 19 heavy (non-hydrogen) atoms. The zero-order chi connectivity index (χ0) is 13.8. The first-order valence-electron chi connectivity index (χ1n) is 5.22. The maximum Gasteiger partial charge on any atom is 0.277 e. The normalized spacial score (nSPS) is 10.5. The first kappa shape index (κ1) is 14.2. The van der Waals surface area contributed by atoms with E-state index in [1.165, 1.54) is 0 Å². The van der Waals surface area contributed by atoms with Crippen LogP contribution in [0.2, 0.25) is 10.0 Å². The van der Waals surface area contributed by atoms with E-state index in [4.69, 9.17) is 27.6 Å². The standard InChI is InChI=1S/C11H9Cl2N3O2S/c1-14-9(17)5-19-11-16-15-10(18-11)7-3-2-6(12)4-8(7)13/h2-4H,5H2,1H3,(H,14,17). The van der Waals surface area contributed by atoms with Crippen LogP contribution in [0.1, 0.15) is 0 Å². The summed E-state index contributed by atoms with van der Waals surface area (Å²) in [5.41, 5.74) is 0.602. The van der Waals surface area contributed by atoms with Crippen molar-refractivity contribution < 1.29 is 9.21 Å². The van der Waals surface area contributed by atoms with Gasteiger partial charge in [-0.15, -0.1) is 10.2 Å². The number of carbonyl (C=O) groups excluding carboxylic acids is 1. The molecular weight excluding hydrogens is 309 g/mol. The molecule has 0 fully saturated rings. The monoisotopic (exact) mass is 317 g/mol. The number of benzene rings is 1. The number of nitrogens with one attached hydrogen (secondary N) is 1. The predicted octanol–water partition coefficient (Wildman–Crippen LogP) is 2.88. The van der Waals surface area contributed by atoms with Gasteiger partial charge in [0.05, 0.1) is 16.3 Å². The fraction of sp³-hybridized carbons (Fsp3) is 0.182. The van der Waals surface area contributed by atoms with Crippen LogP contribution in [0.15, 0.2) is 27.8 Å². The van der Waals surface area contributed by atoms with Crippen LogP contribution in [0, 0.1) is 0 Å². The van der Waals surface area contributed by atoms with Gasteiger partial charge in [0.2, 0.25) is 11.8 Å². The van der Waals surface area contributed by atoms with Gasteiger partial charge in [0.1, 0.15) is 0 Å². The van der Waals surface area contributed by atoms with Crippen molar-refractivity contribution in [2.24, 2.45) is 0 Å². The SMILES string of the molecule is CNC(=O)CSc1nnc(-c2ccc(Cl)cc2Cl)o1. The van der Waals surface area contributed by atoms with Crippen molar-refractivity contribution in [3.8, 4) is 11.5 Å². The highest BCUT2D eigenvalue weighted by Crippen LogP contribution is 2.30. The Kier molecular flexibility index (Phi) is 4.68. The molecule has 0 saturated carbocycles. The van der Waals surface area contributed by atoms with Crippen molar-refractivity contribution >= 4 is 40.9 Å². The van der Waals surface area contributed by atoms with Crippen molar-refractivity contribution in [1.29, 1.82) is 0 Å². The van der Waals surface area contributed by atoms with E-state index in [0.29, 0.717) is 26.7 Å². The molecule has 100 valence electrons. The van der Waals surface area contributed by atoms with E-state index in [9.17, 15) is 4.79 Å². The Morgan fingerprint density at radius 2 is 2.21 bits per heavy atom. The summed E-state index contributed by atoms with van der Waals surface area (Å²) in [5.74, 6) is 0.391. The van der Waals surface area contributed by atoms with Gasteiger partial charge in [0, 0.05) is 12.1 Å². The van der Waals surface area contributed by atoms with Crippen molar-refractivity contribution in [1.82, 2.24) is 15.5 Å². The summed E-state index contributed by atoms with van der Waals surface area (Å²) in [5, 5.41) is 11.5. The van der Waals surface area contributed by atoms with E-state index in [1.807, 2.05) is 0 Å². The summed E-state index contributed by atoms with van der Waals surface area (Å²) in [6.45, 7) is 0. The first-order valence-corrected chi connectivity index (χ1v) is 6.96. The van der Waals surface area contributed by atoms with Crippen LogP contribution in [-0.2, 0) is 4.79 Å². The third-order valence-corrected chi connectivity index (χ3v) is 3.54. The second-order valence-electron chi connectivity index (χ2n) is 3.46. The molecule has 1 heterocycles. The van der Waals surface area contributed by atoms with Crippen molar-refractivity contribution in [3.05, 3.63) is 28.2 Å². The molecule has 1 aromatic heterocycles. The maximum atomic E-state index is 11.1. The average molecular weight is 318 g/mol. The van der Waals surface area contributed by atoms with Crippen molar-refractivity contribution in [2.45, 2.75) is 5.22 Å². The Balaban J connectivity index is 2.14. The molecule has 0 aliphatic carbocycles. The van der Waals surface area contributed by atoms with E-state index in [0.717, 1.165) is 11.8 Å². The number of nitrogens with zero attached hydrogens (tertiary/aromatic N) is 2. The Bertz CT molecular complexity index is 603. The minimum Gasteiger partial charge on any atom is -0.411 e. The summed E-state index contributed by atoms with van der Waals surface area (Å²) in [6, 6.07) is 4.98. The molecule has 1 amide bonds. The lowest BCUT2D eigenvalue weighted by molar-refractivity contribution is -0.118. The van der Waals surface area contributed by atoms with Crippen molar-refractivity contribution in [2.75, 3.05) is 12.8 Å². The van der Waals surface area contributed by atoms with Crippen LogP contribution >= 0.6 is 35.0 Å². The molecule has 0 atom stereocenters. The molecule has 8 heteroatoms. The van der Waals surface area contributed by atoms with Crippen LogP contribution in [-0.4, -0.2) is 28.9 Å². The topological polar surface area (TPSA) is 68.0 Å². The van der Waals surface area contributed by atoms with Gasteiger partial charge < -0.3 is 9.73 Å². The van der Waals surface area contributed by atoms with Crippen LogP contribution in [0.5, 0.6) is 0 Å². The Hall–Kier alpha value is -1.24. The number of hydrogen-bond donors (Lipinski definition) is 1. The van der Waals surface area contributed by atoms with Gasteiger partial charge in [-0.3, -0.25) is 4.79 Å². The van der Waals surface area contributed by atoms with Crippen LogP contribution < -0.4 is 5.32 Å². The molecule has 1 N–H and O–H groups in total. The zero-order valence-corrected chi connectivity index (χ0v) is 12.1. The summed E-state index contributed by atoms with van der Waals surface area (Å²) in [6.07, 6.45) is 0. The molecule has 5 nitrogen and oxygen atoms in total. The second kappa shape index (κ2) is 6.27. The smallest absolute Gasteiger partial charge is 0.277 e. The van der Waals surface area contributed by atoms with Gasteiger partial charge >= 0.3 is 0 Å². The highest BCUT2D eigenvalue weighted by atomic mass is 35.5. The predicted molar refractivity (Wildman–Crippen MR) is 74.5 cm³/mol. The van der Waals surface area contributed by atoms with E-state index in [-0.39, 0.29) is 11.7 Å². The Labute approximate surface area is 123 Å². The van der Waals surface area contributed by atoms with E-state index in [2.05, 4.69) is 15.5 Å². The lowest BCUT2D eigenvalue weighted by Gasteiger charge is -1.99. The number of thioether (sulfide) groups is 1. The minimum atomic E-state index is -0.116. The zero-order valence-electron chi connectivity index (χ0n) is 9.81. The van der Waals surface area contributed by atoms with Crippen LogP contribution in [0.25, 0.3) is 11.5 Å². The molecule has 0 bridgehead atoms. The van der Waals surface area contributed by atoms with E-state index >= 15 is 0 Å². The van der Waals surface area contributed by atoms with Gasteiger partial charge in [0.15, 0.2) is 0 Å². The number of carbonyl (C=O) groups is 1. The molecule has 0 aliphatic rings. The Morgan fingerprint density at radius 1 is 1.42 bits per heavy atom.